The third-order valence-corrected chi connectivity index (χ3v) is 4.50. The maximum absolute atomic E-state index is 12.5. The fourth-order valence-corrected chi connectivity index (χ4v) is 3.28. The average molecular weight is 335 g/mol. The number of aromatic nitrogens is 4. The van der Waals surface area contributed by atoms with Gasteiger partial charge in [-0.05, 0) is 43.9 Å². The van der Waals surface area contributed by atoms with Crippen LogP contribution in [0.3, 0.4) is 0 Å². The molecule has 0 fully saturated rings. The quantitative estimate of drug-likeness (QED) is 0.780. The van der Waals surface area contributed by atoms with Crippen LogP contribution in [-0.2, 0) is 24.2 Å². The van der Waals surface area contributed by atoms with E-state index in [4.69, 9.17) is 5.10 Å². The zero-order chi connectivity index (χ0) is 17.2. The predicted octanol–water partition coefficient (Wildman–Crippen LogP) is 2.89. The van der Waals surface area contributed by atoms with Crippen molar-refractivity contribution >= 4 is 11.7 Å². The van der Waals surface area contributed by atoms with Crippen molar-refractivity contribution in [3.8, 4) is 5.69 Å². The first-order chi connectivity index (χ1) is 12.2. The molecule has 0 atom stereocenters. The van der Waals surface area contributed by atoms with Crippen molar-refractivity contribution in [3.05, 3.63) is 59.5 Å². The molecular formula is C19H21N5O. The molecule has 6 heteroatoms. The molecule has 4 rings (SSSR count). The Kier molecular flexibility index (Phi) is 4.09. The van der Waals surface area contributed by atoms with Crippen LogP contribution < -0.4 is 5.32 Å². The number of nitrogens with zero attached hydrogens (tertiary/aromatic N) is 4. The Bertz CT molecular complexity index is 894. The lowest BCUT2D eigenvalue weighted by molar-refractivity contribution is -0.116. The van der Waals surface area contributed by atoms with Crippen LogP contribution in [0.15, 0.2) is 42.7 Å². The van der Waals surface area contributed by atoms with Gasteiger partial charge < -0.3 is 5.32 Å². The monoisotopic (exact) mass is 335 g/mol. The summed E-state index contributed by atoms with van der Waals surface area (Å²) >= 11 is 0. The highest BCUT2D eigenvalue weighted by molar-refractivity contribution is 5.91. The maximum atomic E-state index is 12.5. The number of fused-ring (bicyclic) bond motifs is 1. The molecule has 0 bridgehead atoms. The lowest BCUT2D eigenvalue weighted by atomic mass is 10.2. The van der Waals surface area contributed by atoms with Gasteiger partial charge in [-0.1, -0.05) is 18.2 Å². The third-order valence-electron chi connectivity index (χ3n) is 4.50. The van der Waals surface area contributed by atoms with Crippen LogP contribution in [0, 0.1) is 6.92 Å². The molecule has 2 heterocycles. The highest BCUT2D eigenvalue weighted by Gasteiger charge is 2.24. The van der Waals surface area contributed by atoms with E-state index in [1.54, 1.807) is 10.9 Å². The molecule has 0 saturated heterocycles. The summed E-state index contributed by atoms with van der Waals surface area (Å²) in [5.41, 5.74) is 4.34. The predicted molar refractivity (Wildman–Crippen MR) is 95.8 cm³/mol. The highest BCUT2D eigenvalue weighted by atomic mass is 16.1. The van der Waals surface area contributed by atoms with E-state index in [1.165, 1.54) is 5.56 Å². The van der Waals surface area contributed by atoms with E-state index >= 15 is 0 Å². The van der Waals surface area contributed by atoms with Gasteiger partial charge >= 0.3 is 0 Å². The Balaban J connectivity index is 1.54. The molecule has 6 nitrogen and oxygen atoms in total. The van der Waals surface area contributed by atoms with Gasteiger partial charge in [-0.3, -0.25) is 9.48 Å². The van der Waals surface area contributed by atoms with Crippen LogP contribution >= 0.6 is 0 Å². The zero-order valence-electron chi connectivity index (χ0n) is 14.3. The van der Waals surface area contributed by atoms with E-state index in [9.17, 15) is 4.79 Å². The van der Waals surface area contributed by atoms with Gasteiger partial charge in [0, 0.05) is 24.7 Å². The van der Waals surface area contributed by atoms with Crippen LogP contribution in [0.25, 0.3) is 5.69 Å². The second-order valence-electron chi connectivity index (χ2n) is 6.45. The lowest BCUT2D eigenvalue weighted by Gasteiger charge is -2.11. The SMILES string of the molecule is Cc1cnn(CCC(=O)Nc2c3c(nn2-c2ccccc2)CCC3)c1. The number of carbonyl (C=O) groups excluding carboxylic acids is 1. The number of anilines is 1. The van der Waals surface area contributed by atoms with E-state index < -0.39 is 0 Å². The summed E-state index contributed by atoms with van der Waals surface area (Å²) < 4.78 is 3.66. The Morgan fingerprint density at radius 2 is 2.08 bits per heavy atom. The number of carbonyl (C=O) groups is 1. The molecule has 1 aliphatic rings. The Morgan fingerprint density at radius 1 is 1.24 bits per heavy atom. The largest absolute Gasteiger partial charge is 0.310 e. The molecular weight excluding hydrogens is 314 g/mol. The fraction of sp³-hybridized carbons (Fsp3) is 0.316. The van der Waals surface area contributed by atoms with Gasteiger partial charge in [0.2, 0.25) is 5.91 Å². The summed E-state index contributed by atoms with van der Waals surface area (Å²) in [7, 11) is 0. The Labute approximate surface area is 146 Å². The van der Waals surface area contributed by atoms with Crippen LogP contribution in [0.5, 0.6) is 0 Å². The van der Waals surface area contributed by atoms with Crippen LogP contribution in [0.1, 0.15) is 29.7 Å². The number of para-hydroxylation sites is 1. The summed E-state index contributed by atoms with van der Waals surface area (Å²) in [4.78, 5) is 12.5. The number of amides is 1. The second kappa shape index (κ2) is 6.55. The first-order valence-corrected chi connectivity index (χ1v) is 8.66. The molecule has 0 saturated carbocycles. The summed E-state index contributed by atoms with van der Waals surface area (Å²) in [6, 6.07) is 9.95. The average Bonchev–Trinajstić information content (AvgIpc) is 3.31. The topological polar surface area (TPSA) is 64.7 Å². The highest BCUT2D eigenvalue weighted by Crippen LogP contribution is 2.30. The van der Waals surface area contributed by atoms with E-state index in [0.717, 1.165) is 42.0 Å². The molecule has 1 N–H and O–H groups in total. The van der Waals surface area contributed by atoms with Crippen LogP contribution in [0.4, 0.5) is 5.82 Å². The first kappa shape index (κ1) is 15.6. The zero-order valence-corrected chi connectivity index (χ0v) is 14.3. The summed E-state index contributed by atoms with van der Waals surface area (Å²) in [5.74, 6) is 0.806. The maximum Gasteiger partial charge on any atom is 0.227 e. The van der Waals surface area contributed by atoms with Crippen molar-refractivity contribution in [2.75, 3.05) is 5.32 Å². The van der Waals surface area contributed by atoms with Crippen LogP contribution in [-0.4, -0.2) is 25.5 Å². The third kappa shape index (κ3) is 3.20. The lowest BCUT2D eigenvalue weighted by Crippen LogP contribution is -2.18. The van der Waals surface area contributed by atoms with Gasteiger partial charge in [0.1, 0.15) is 5.82 Å². The van der Waals surface area contributed by atoms with Crippen molar-refractivity contribution in [3.63, 3.8) is 0 Å². The van der Waals surface area contributed by atoms with Crippen molar-refractivity contribution in [1.29, 1.82) is 0 Å². The number of benzene rings is 1. The van der Waals surface area contributed by atoms with E-state index in [0.29, 0.717) is 13.0 Å². The summed E-state index contributed by atoms with van der Waals surface area (Å²) in [6.45, 7) is 2.56. The number of aryl methyl sites for hydroxylation is 3. The van der Waals surface area contributed by atoms with Gasteiger partial charge in [-0.25, -0.2) is 4.68 Å². The van der Waals surface area contributed by atoms with Gasteiger partial charge in [-0.15, -0.1) is 0 Å². The normalized spacial score (nSPS) is 13.0. The second-order valence-corrected chi connectivity index (χ2v) is 6.45. The molecule has 25 heavy (non-hydrogen) atoms. The van der Waals surface area contributed by atoms with Gasteiger partial charge in [0.05, 0.1) is 17.6 Å². The minimum absolute atomic E-state index is 0.0139. The van der Waals surface area contributed by atoms with Crippen molar-refractivity contribution < 1.29 is 4.79 Å². The number of nitrogens with one attached hydrogen (secondary N) is 1. The van der Waals surface area contributed by atoms with Crippen molar-refractivity contribution in [2.45, 2.75) is 39.2 Å². The molecule has 0 unspecified atom stereocenters. The molecule has 128 valence electrons. The van der Waals surface area contributed by atoms with E-state index in [-0.39, 0.29) is 5.91 Å². The molecule has 0 aliphatic heterocycles. The fourth-order valence-electron chi connectivity index (χ4n) is 3.28. The van der Waals surface area contributed by atoms with E-state index in [2.05, 4.69) is 10.4 Å². The molecule has 0 spiro atoms. The molecule has 1 aromatic carbocycles. The number of hydrogen-bond acceptors (Lipinski definition) is 3. The van der Waals surface area contributed by atoms with Crippen molar-refractivity contribution in [2.24, 2.45) is 0 Å². The molecule has 2 aromatic heterocycles. The number of hydrogen-bond donors (Lipinski definition) is 1. The Morgan fingerprint density at radius 3 is 2.84 bits per heavy atom. The minimum atomic E-state index is -0.0139. The molecule has 0 radical (unpaired) electrons. The minimum Gasteiger partial charge on any atom is -0.310 e. The van der Waals surface area contributed by atoms with Gasteiger partial charge in [0.15, 0.2) is 0 Å². The van der Waals surface area contributed by atoms with Gasteiger partial charge in [-0.2, -0.15) is 10.2 Å². The van der Waals surface area contributed by atoms with Crippen LogP contribution in [0.2, 0.25) is 0 Å². The first-order valence-electron chi connectivity index (χ1n) is 8.66. The summed E-state index contributed by atoms with van der Waals surface area (Å²) in [6.07, 6.45) is 7.17. The molecule has 1 amide bonds. The van der Waals surface area contributed by atoms with Gasteiger partial charge in [0.25, 0.3) is 0 Å². The summed E-state index contributed by atoms with van der Waals surface area (Å²) in [5, 5.41) is 12.0. The number of rotatable bonds is 5. The molecule has 1 aliphatic carbocycles. The standard InChI is InChI=1S/C19H21N5O/c1-14-12-20-23(13-14)11-10-18(25)21-19-16-8-5-9-17(16)22-24(19)15-6-3-2-4-7-15/h2-4,6-7,12-13H,5,8-11H2,1H3,(H,21,25). The van der Waals surface area contributed by atoms with Crippen molar-refractivity contribution in [1.82, 2.24) is 19.6 Å². The molecule has 3 aromatic rings. The Hall–Kier alpha value is -2.89. The van der Waals surface area contributed by atoms with E-state index in [1.807, 2.05) is 48.1 Å². The smallest absolute Gasteiger partial charge is 0.227 e.